The van der Waals surface area contributed by atoms with Crippen molar-refractivity contribution in [3.8, 4) is 0 Å². The number of halogens is 1. The van der Waals surface area contributed by atoms with E-state index in [-0.39, 0.29) is 46.6 Å². The number of rotatable bonds is 5. The van der Waals surface area contributed by atoms with Gasteiger partial charge in [-0.15, -0.1) is 0 Å². The molecule has 39 heavy (non-hydrogen) atoms. The number of carbonyl (C=O) groups excluding carboxylic acids is 1. The smallest absolute Gasteiger partial charge is 0.306 e. The molecule has 1 N–H and O–H groups in total. The van der Waals surface area contributed by atoms with Gasteiger partial charge in [-0.25, -0.2) is 0 Å². The quantitative estimate of drug-likeness (QED) is 0.379. The van der Waals surface area contributed by atoms with E-state index in [1.165, 1.54) is 58.0 Å². The zero-order valence-corrected chi connectivity index (χ0v) is 26.7. The van der Waals surface area contributed by atoms with E-state index in [4.69, 9.17) is 9.47 Å². The molecule has 6 rings (SSSR count). The van der Waals surface area contributed by atoms with Crippen LogP contribution in [0.25, 0.3) is 0 Å². The number of aliphatic hydroxyl groups excluding tert-OH is 1. The van der Waals surface area contributed by atoms with Gasteiger partial charge in [-0.2, -0.15) is 0 Å². The van der Waals surface area contributed by atoms with Crippen molar-refractivity contribution in [3.63, 3.8) is 0 Å². The van der Waals surface area contributed by atoms with Crippen molar-refractivity contribution in [2.45, 2.75) is 116 Å². The number of hydrogen-bond acceptors (Lipinski definition) is 5. The van der Waals surface area contributed by atoms with E-state index in [2.05, 4.69) is 32.7 Å². The minimum Gasteiger partial charge on any atom is -1.00 e. The maximum absolute atomic E-state index is 13.0. The van der Waals surface area contributed by atoms with Crippen LogP contribution in [0.15, 0.2) is 0 Å². The lowest BCUT2D eigenvalue weighted by atomic mass is 9.44. The molecule has 0 aromatic rings. The monoisotopic (exact) mass is 610 g/mol. The second-order valence-corrected chi connectivity index (χ2v) is 15.0. The lowest BCUT2D eigenvalue weighted by molar-refractivity contribution is -0.924. The predicted octanol–water partition coefficient (Wildman–Crippen LogP) is 1.64. The molecule has 6 nitrogen and oxygen atoms in total. The lowest BCUT2D eigenvalue weighted by Crippen LogP contribution is -3.00. The highest BCUT2D eigenvalue weighted by molar-refractivity contribution is 5.69. The fourth-order valence-corrected chi connectivity index (χ4v) is 11.1. The van der Waals surface area contributed by atoms with Gasteiger partial charge in [-0.05, 0) is 74.0 Å². The highest BCUT2D eigenvalue weighted by Gasteiger charge is 2.67. The first kappa shape index (κ1) is 30.3. The molecule has 0 amide bonds. The van der Waals surface area contributed by atoms with E-state index in [1.807, 2.05) is 0 Å². The predicted molar refractivity (Wildman–Crippen MR) is 148 cm³/mol. The Morgan fingerprint density at radius 1 is 1.05 bits per heavy atom. The van der Waals surface area contributed by atoms with Crippen LogP contribution in [0, 0.1) is 34.5 Å². The summed E-state index contributed by atoms with van der Waals surface area (Å²) in [4.78, 5) is 15.5. The van der Waals surface area contributed by atoms with Crippen molar-refractivity contribution in [2.75, 3.05) is 46.4 Å². The summed E-state index contributed by atoms with van der Waals surface area (Å²) in [5.41, 5.74) is 0.394. The number of likely N-dealkylation sites (N-methyl/N-ethyl adjacent to an activating group) is 1. The third-order valence-corrected chi connectivity index (χ3v) is 13.2. The van der Waals surface area contributed by atoms with Crippen LogP contribution in [0.5, 0.6) is 0 Å². The van der Waals surface area contributed by atoms with Crippen LogP contribution < -0.4 is 17.0 Å². The van der Waals surface area contributed by atoms with E-state index < -0.39 is 0 Å². The number of nitrogens with zero attached hydrogens (tertiary/aromatic N) is 2. The molecule has 2 heterocycles. The number of ether oxygens (including phenoxy) is 2. The Balaban J connectivity index is 0.00000308. The molecule has 10 atom stereocenters. The van der Waals surface area contributed by atoms with Gasteiger partial charge in [0.25, 0.3) is 0 Å². The molecule has 7 heteroatoms. The maximum atomic E-state index is 13.0. The Morgan fingerprint density at radius 3 is 2.46 bits per heavy atom. The SMILES string of the molecule is CCCC(=O)O[C@H]1[C@@H]([N+]2(C)CCCC2)C[C@H]2[C@@H]3CC[C@H]4C[C@H](O)[C@@H](N5CCOCC5)C[C@]4(C)[C@H]3CC[C@@]21C.[Br-]. The van der Waals surface area contributed by atoms with E-state index in [9.17, 15) is 9.90 Å². The van der Waals surface area contributed by atoms with Gasteiger partial charge in [0.05, 0.1) is 39.5 Å². The summed E-state index contributed by atoms with van der Waals surface area (Å²) in [5, 5.41) is 11.3. The molecule has 4 saturated carbocycles. The minimum atomic E-state index is -0.200. The Labute approximate surface area is 247 Å². The summed E-state index contributed by atoms with van der Waals surface area (Å²) < 4.78 is 13.3. The normalized spacial score (nSPS) is 47.4. The molecule has 224 valence electrons. The first-order chi connectivity index (χ1) is 18.2. The Kier molecular flexibility index (Phi) is 8.89. The number of fused-ring (bicyclic) bond motifs is 5. The van der Waals surface area contributed by atoms with E-state index in [1.54, 1.807) is 0 Å². The average molecular weight is 612 g/mol. The Morgan fingerprint density at radius 2 is 1.77 bits per heavy atom. The molecule has 0 aromatic heterocycles. The van der Waals surface area contributed by atoms with Gasteiger partial charge in [0.1, 0.15) is 6.04 Å². The summed E-state index contributed by atoms with van der Waals surface area (Å²) in [7, 11) is 2.46. The van der Waals surface area contributed by atoms with Gasteiger partial charge in [0.2, 0.25) is 0 Å². The third-order valence-electron chi connectivity index (χ3n) is 13.2. The van der Waals surface area contributed by atoms with Gasteiger partial charge >= 0.3 is 5.97 Å². The van der Waals surface area contributed by atoms with Gasteiger partial charge in [-0.1, -0.05) is 20.8 Å². The second kappa shape index (κ2) is 11.5. The van der Waals surface area contributed by atoms with Crippen molar-refractivity contribution in [1.29, 1.82) is 0 Å². The molecule has 2 saturated heterocycles. The number of hydrogen-bond donors (Lipinski definition) is 1. The summed E-state index contributed by atoms with van der Waals surface area (Å²) in [6, 6.07) is 0.729. The average Bonchev–Trinajstić information content (AvgIpc) is 3.47. The summed E-state index contributed by atoms with van der Waals surface area (Å²) >= 11 is 0. The fraction of sp³-hybridized carbons (Fsp3) is 0.969. The van der Waals surface area contributed by atoms with E-state index in [0.717, 1.165) is 61.9 Å². The largest absolute Gasteiger partial charge is 1.00 e. The van der Waals surface area contributed by atoms with Crippen LogP contribution in [-0.2, 0) is 14.3 Å². The van der Waals surface area contributed by atoms with Gasteiger partial charge in [0.15, 0.2) is 6.10 Å². The molecule has 0 bridgehead atoms. The lowest BCUT2D eigenvalue weighted by Gasteiger charge is -2.62. The molecule has 4 aliphatic carbocycles. The van der Waals surface area contributed by atoms with Crippen molar-refractivity contribution in [2.24, 2.45) is 34.5 Å². The van der Waals surface area contributed by atoms with Gasteiger partial charge in [-0.3, -0.25) is 9.69 Å². The molecule has 0 spiro atoms. The first-order valence-electron chi connectivity index (χ1n) is 16.2. The van der Waals surface area contributed by atoms with E-state index >= 15 is 0 Å². The minimum absolute atomic E-state index is 0. The summed E-state index contributed by atoms with van der Waals surface area (Å²) in [6.07, 6.45) is 12.2. The van der Waals surface area contributed by atoms with Crippen LogP contribution in [-0.4, -0.2) is 91.2 Å². The van der Waals surface area contributed by atoms with Gasteiger partial charge in [0, 0.05) is 50.2 Å². The molecular weight excluding hydrogens is 556 g/mol. The maximum Gasteiger partial charge on any atom is 0.306 e. The number of carbonyl (C=O) groups is 1. The van der Waals surface area contributed by atoms with Crippen molar-refractivity contribution in [3.05, 3.63) is 0 Å². The van der Waals surface area contributed by atoms with Crippen LogP contribution in [0.2, 0.25) is 0 Å². The van der Waals surface area contributed by atoms with Crippen LogP contribution in [0.4, 0.5) is 0 Å². The third kappa shape index (κ3) is 5.06. The summed E-state index contributed by atoms with van der Waals surface area (Å²) in [5.74, 6) is 2.77. The zero-order chi connectivity index (χ0) is 26.7. The highest BCUT2D eigenvalue weighted by atomic mass is 79.9. The van der Waals surface area contributed by atoms with Crippen LogP contribution in [0.1, 0.15) is 91.4 Å². The van der Waals surface area contributed by atoms with Crippen LogP contribution in [0.3, 0.4) is 0 Å². The number of aliphatic hydroxyl groups is 1. The number of likely N-dealkylation sites (tertiary alicyclic amines) is 1. The number of quaternary nitrogens is 1. The van der Waals surface area contributed by atoms with Crippen molar-refractivity contribution >= 4 is 5.97 Å². The Hall–Kier alpha value is -0.210. The molecule has 6 aliphatic rings. The molecule has 0 aromatic carbocycles. The number of morpholine rings is 1. The van der Waals surface area contributed by atoms with Gasteiger partial charge < -0.3 is 36.0 Å². The van der Waals surface area contributed by atoms with E-state index in [0.29, 0.717) is 29.7 Å². The van der Waals surface area contributed by atoms with Crippen LogP contribution >= 0.6 is 0 Å². The molecular formula is C32H55BrN2O4. The second-order valence-electron chi connectivity index (χ2n) is 15.0. The Bertz CT molecular complexity index is 876. The molecule has 0 unspecified atom stereocenters. The highest BCUT2D eigenvalue weighted by Crippen LogP contribution is 2.67. The molecule has 0 radical (unpaired) electrons. The van der Waals surface area contributed by atoms with Crippen molar-refractivity contribution < 1.29 is 40.8 Å². The topological polar surface area (TPSA) is 59.0 Å². The van der Waals surface area contributed by atoms with Crippen molar-refractivity contribution in [1.82, 2.24) is 4.90 Å². The first-order valence-corrected chi connectivity index (χ1v) is 16.2. The fourth-order valence-electron chi connectivity index (χ4n) is 11.1. The standard InChI is InChI=1S/C32H55N2O4.BrH/c1-5-8-29(36)38-30-27(34(4)15-6-7-16-34)20-25-23-10-9-22-19-28(35)26(33-13-17-37-18-14-33)21-32(22,3)24(23)11-12-31(25,30)2;/h22-28,30,35H,5-21H2,1-4H3;1H/q+1;/p-1/t22-,23+,24-,25-,26-,27-,28-,30-,31-,32-;/m0./s1. The summed E-state index contributed by atoms with van der Waals surface area (Å²) in [6.45, 7) is 13.2. The molecule has 6 fully saturated rings. The number of esters is 1. The zero-order valence-electron chi connectivity index (χ0n) is 25.1. The molecule has 2 aliphatic heterocycles.